The van der Waals surface area contributed by atoms with Gasteiger partial charge in [-0.1, -0.05) is 6.92 Å². The van der Waals surface area contributed by atoms with E-state index in [1.165, 1.54) is 13.8 Å². The number of carbonyl (C=O) groups is 1. The highest BCUT2D eigenvalue weighted by atomic mass is 19.4. The fourth-order valence-corrected chi connectivity index (χ4v) is 2.06. The first-order valence-corrected chi connectivity index (χ1v) is 6.66. The largest absolute Gasteiger partial charge is 0.458 e. The summed E-state index contributed by atoms with van der Waals surface area (Å²) in [5.74, 6) is -5.00. The summed E-state index contributed by atoms with van der Waals surface area (Å²) in [4.78, 5) is 12.0. The smallest absolute Gasteiger partial charge is 0.443 e. The predicted octanol–water partition coefficient (Wildman–Crippen LogP) is 3.38. The number of hydrogen-bond donors (Lipinski definition) is 1. The number of alkyl halides is 5. The Bertz CT molecular complexity index is 448. The van der Waals surface area contributed by atoms with E-state index in [1.54, 1.807) is 6.92 Å². The van der Waals surface area contributed by atoms with Crippen LogP contribution in [0.25, 0.3) is 0 Å². The number of esters is 1. The topological polar surface area (TPSA) is 55.8 Å². The summed E-state index contributed by atoms with van der Waals surface area (Å²) in [6.45, 7) is 5.52. The number of carbonyl (C=O) groups excluding carboxylic acids is 1. The standard InChI is InChI=1S/C13H19F5O4/c1-5-9(2,3)8(19)21-10(4)6-11(20,13(16,17)18)22-12(14,15)7-10/h20H,5-7H2,1-4H3. The molecule has 0 aromatic rings. The van der Waals surface area contributed by atoms with E-state index in [-0.39, 0.29) is 0 Å². The molecule has 0 aromatic heterocycles. The molecule has 0 bridgehead atoms. The molecular formula is C13H19F5O4. The van der Waals surface area contributed by atoms with Crippen LogP contribution in [0.2, 0.25) is 0 Å². The van der Waals surface area contributed by atoms with E-state index < -0.39 is 47.9 Å². The van der Waals surface area contributed by atoms with E-state index in [4.69, 9.17) is 4.74 Å². The second kappa shape index (κ2) is 5.30. The molecule has 0 amide bonds. The lowest BCUT2D eigenvalue weighted by atomic mass is 9.86. The summed E-state index contributed by atoms with van der Waals surface area (Å²) in [5, 5.41) is 9.43. The van der Waals surface area contributed by atoms with Crippen LogP contribution in [0.4, 0.5) is 22.0 Å². The van der Waals surface area contributed by atoms with E-state index >= 15 is 0 Å². The van der Waals surface area contributed by atoms with E-state index in [2.05, 4.69) is 4.74 Å². The molecule has 1 fully saturated rings. The molecule has 9 heteroatoms. The molecule has 0 radical (unpaired) electrons. The van der Waals surface area contributed by atoms with Crippen LogP contribution >= 0.6 is 0 Å². The number of aliphatic hydroxyl groups is 1. The number of ether oxygens (including phenoxy) is 2. The maximum Gasteiger partial charge on any atom is 0.443 e. The van der Waals surface area contributed by atoms with E-state index in [1.807, 2.05) is 0 Å². The van der Waals surface area contributed by atoms with Crippen LogP contribution in [0.15, 0.2) is 0 Å². The highest BCUT2D eigenvalue weighted by Crippen LogP contribution is 2.50. The highest BCUT2D eigenvalue weighted by molar-refractivity contribution is 5.76. The molecule has 0 saturated carbocycles. The molecule has 1 aliphatic rings. The van der Waals surface area contributed by atoms with Gasteiger partial charge >= 0.3 is 18.3 Å². The van der Waals surface area contributed by atoms with Gasteiger partial charge in [0, 0.05) is 0 Å². The molecule has 2 atom stereocenters. The van der Waals surface area contributed by atoms with E-state index in [9.17, 15) is 31.9 Å². The van der Waals surface area contributed by atoms with Gasteiger partial charge in [0.2, 0.25) is 0 Å². The Morgan fingerprint density at radius 1 is 1.27 bits per heavy atom. The summed E-state index contributed by atoms with van der Waals surface area (Å²) in [6.07, 6.45) is -12.0. The Morgan fingerprint density at radius 3 is 2.18 bits per heavy atom. The third-order valence-electron chi connectivity index (χ3n) is 3.73. The third kappa shape index (κ3) is 3.87. The summed E-state index contributed by atoms with van der Waals surface area (Å²) >= 11 is 0. The second-order valence-corrected chi connectivity index (χ2v) is 6.45. The van der Waals surface area contributed by atoms with Gasteiger partial charge in [-0.3, -0.25) is 9.53 Å². The molecule has 0 aliphatic carbocycles. The predicted molar refractivity (Wildman–Crippen MR) is 64.8 cm³/mol. The minimum atomic E-state index is -5.45. The van der Waals surface area contributed by atoms with Crippen LogP contribution in [0.3, 0.4) is 0 Å². The Hall–Kier alpha value is -0.960. The fraction of sp³-hybridized carbons (Fsp3) is 0.923. The van der Waals surface area contributed by atoms with Crippen LogP contribution in [-0.2, 0) is 14.3 Å². The lowest BCUT2D eigenvalue weighted by molar-refractivity contribution is -0.468. The van der Waals surface area contributed by atoms with E-state index in [0.717, 1.165) is 6.92 Å². The monoisotopic (exact) mass is 334 g/mol. The summed E-state index contributed by atoms with van der Waals surface area (Å²) in [5.41, 5.74) is -3.26. The fourth-order valence-electron chi connectivity index (χ4n) is 2.06. The lowest BCUT2D eigenvalue weighted by Crippen LogP contribution is -2.62. The molecular weight excluding hydrogens is 315 g/mol. The molecule has 130 valence electrons. The van der Waals surface area contributed by atoms with Crippen molar-refractivity contribution in [2.45, 2.75) is 70.6 Å². The minimum absolute atomic E-state index is 0.304. The molecule has 2 unspecified atom stereocenters. The first kappa shape index (κ1) is 19.1. The van der Waals surface area contributed by atoms with Crippen molar-refractivity contribution in [3.05, 3.63) is 0 Å². The van der Waals surface area contributed by atoms with Crippen LogP contribution in [0.5, 0.6) is 0 Å². The van der Waals surface area contributed by atoms with Crippen molar-refractivity contribution in [1.82, 2.24) is 0 Å². The SMILES string of the molecule is CCC(C)(C)C(=O)OC1(C)CC(F)(F)OC(O)(C(F)(F)F)C1. The number of halogens is 5. The van der Waals surface area contributed by atoms with Gasteiger partial charge in [0.1, 0.15) is 5.60 Å². The van der Waals surface area contributed by atoms with Gasteiger partial charge in [-0.05, 0) is 27.2 Å². The zero-order chi connectivity index (χ0) is 17.6. The number of hydrogen-bond acceptors (Lipinski definition) is 4. The first-order valence-electron chi connectivity index (χ1n) is 6.66. The van der Waals surface area contributed by atoms with Crippen molar-refractivity contribution in [3.63, 3.8) is 0 Å². The zero-order valence-electron chi connectivity index (χ0n) is 12.7. The Morgan fingerprint density at radius 2 is 1.77 bits per heavy atom. The highest BCUT2D eigenvalue weighted by Gasteiger charge is 2.68. The van der Waals surface area contributed by atoms with Crippen molar-refractivity contribution in [2.75, 3.05) is 0 Å². The van der Waals surface area contributed by atoms with Crippen molar-refractivity contribution in [1.29, 1.82) is 0 Å². The quantitative estimate of drug-likeness (QED) is 0.635. The first-order chi connectivity index (χ1) is 9.56. The average Bonchev–Trinajstić information content (AvgIpc) is 2.23. The van der Waals surface area contributed by atoms with Crippen molar-refractivity contribution in [3.8, 4) is 0 Å². The van der Waals surface area contributed by atoms with Gasteiger partial charge in [-0.2, -0.15) is 22.0 Å². The van der Waals surface area contributed by atoms with Crippen molar-refractivity contribution >= 4 is 5.97 Å². The van der Waals surface area contributed by atoms with Gasteiger partial charge in [-0.15, -0.1) is 0 Å². The summed E-state index contributed by atoms with van der Waals surface area (Å²) < 4.78 is 73.8. The molecule has 1 heterocycles. The maximum absolute atomic E-state index is 13.5. The van der Waals surface area contributed by atoms with Crippen LogP contribution in [0, 0.1) is 5.41 Å². The van der Waals surface area contributed by atoms with Gasteiger partial charge in [0.25, 0.3) is 5.79 Å². The Balaban J connectivity index is 3.10. The minimum Gasteiger partial charge on any atom is -0.458 e. The van der Waals surface area contributed by atoms with Crippen LogP contribution < -0.4 is 0 Å². The lowest BCUT2D eigenvalue weighted by Gasteiger charge is -2.46. The second-order valence-electron chi connectivity index (χ2n) is 6.45. The summed E-state index contributed by atoms with van der Waals surface area (Å²) in [7, 11) is 0. The molecule has 1 N–H and O–H groups in total. The molecule has 0 aromatic carbocycles. The number of rotatable bonds is 3. The molecule has 1 aliphatic heterocycles. The molecule has 22 heavy (non-hydrogen) atoms. The normalized spacial score (nSPS) is 32.6. The van der Waals surface area contributed by atoms with Crippen molar-refractivity contribution < 1.29 is 41.3 Å². The Kier molecular flexibility index (Phi) is 4.59. The molecule has 4 nitrogen and oxygen atoms in total. The van der Waals surface area contributed by atoms with Gasteiger partial charge in [0.05, 0.1) is 18.3 Å². The van der Waals surface area contributed by atoms with Crippen molar-refractivity contribution in [2.24, 2.45) is 5.41 Å². The van der Waals surface area contributed by atoms with Crippen LogP contribution in [0.1, 0.15) is 47.0 Å². The van der Waals surface area contributed by atoms with Gasteiger partial charge in [0.15, 0.2) is 0 Å². The average molecular weight is 334 g/mol. The molecule has 1 saturated heterocycles. The molecule has 1 rings (SSSR count). The molecule has 0 spiro atoms. The van der Waals surface area contributed by atoms with E-state index in [0.29, 0.717) is 6.42 Å². The Labute approximate surface area is 124 Å². The maximum atomic E-state index is 13.5. The van der Waals surface area contributed by atoms with Gasteiger partial charge in [-0.25, -0.2) is 0 Å². The van der Waals surface area contributed by atoms with Gasteiger partial charge < -0.3 is 9.84 Å². The zero-order valence-corrected chi connectivity index (χ0v) is 12.7. The third-order valence-corrected chi connectivity index (χ3v) is 3.73. The summed E-state index contributed by atoms with van der Waals surface area (Å²) in [6, 6.07) is 0. The van der Waals surface area contributed by atoms with Crippen LogP contribution in [-0.4, -0.2) is 34.7 Å².